The number of nitrogens with zero attached hydrogens (tertiary/aromatic N) is 1. The second-order valence-corrected chi connectivity index (χ2v) is 5.07. The van der Waals surface area contributed by atoms with E-state index in [2.05, 4.69) is 15.0 Å². The van der Waals surface area contributed by atoms with Crippen molar-refractivity contribution in [3.8, 4) is 5.75 Å². The van der Waals surface area contributed by atoms with Crippen LogP contribution in [0.1, 0.15) is 25.3 Å². The fraction of sp³-hybridized carbons (Fsp3) is 0.471. The van der Waals surface area contributed by atoms with Gasteiger partial charge in [-0.2, -0.15) is 0 Å². The fourth-order valence-corrected chi connectivity index (χ4v) is 2.02. The Morgan fingerprint density at radius 1 is 1.39 bits per heavy atom. The van der Waals surface area contributed by atoms with Crippen molar-refractivity contribution in [2.75, 3.05) is 27.3 Å². The molecule has 1 aromatic rings. The first-order valence-electron chi connectivity index (χ1n) is 7.57. The van der Waals surface area contributed by atoms with Crippen LogP contribution in [0.25, 0.3) is 0 Å². The molecule has 2 N–H and O–H groups in total. The highest BCUT2D eigenvalue weighted by Gasteiger charge is 2.03. The maximum Gasteiger partial charge on any atom is 0.319 e. The number of esters is 1. The highest BCUT2D eigenvalue weighted by Crippen LogP contribution is 2.13. The highest BCUT2D eigenvalue weighted by atomic mass is 16.5. The summed E-state index contributed by atoms with van der Waals surface area (Å²) in [4.78, 5) is 15.1. The molecule has 0 aliphatic rings. The van der Waals surface area contributed by atoms with Gasteiger partial charge in [0.25, 0.3) is 0 Å². The summed E-state index contributed by atoms with van der Waals surface area (Å²) < 4.78 is 10.3. The largest absolute Gasteiger partial charge is 0.494 e. The number of nitrogens with one attached hydrogen (secondary N) is 2. The molecule has 0 atom stereocenters. The van der Waals surface area contributed by atoms with Gasteiger partial charge in [0.15, 0.2) is 0 Å². The average molecular weight is 319 g/mol. The van der Waals surface area contributed by atoms with Crippen LogP contribution in [0.4, 0.5) is 0 Å². The lowest BCUT2D eigenvalue weighted by Gasteiger charge is -2.09. The summed E-state index contributed by atoms with van der Waals surface area (Å²) in [5, 5.41) is 10.6. The number of carbonyl (C=O) groups excluding carboxylic acids is 1. The molecule has 23 heavy (non-hydrogen) atoms. The number of hydrogen-bond acceptors (Lipinski definition) is 6. The Morgan fingerprint density at radius 3 is 2.83 bits per heavy atom. The number of rotatable bonds is 10. The standard InChI is InChI=1S/C17H25N3O3/c1-13(18)16(19-2)8-5-9-23-15-7-4-6-14(10-15)11-20-12-17(21)22-3/h4,6-7,10,18,20H,5,8-9,11-12H2,1-3H3/b18-13?,19-16-. The van der Waals surface area contributed by atoms with Gasteiger partial charge in [0.2, 0.25) is 0 Å². The van der Waals surface area contributed by atoms with Gasteiger partial charge < -0.3 is 20.2 Å². The molecule has 0 heterocycles. The quantitative estimate of drug-likeness (QED) is 0.393. The number of ether oxygens (including phenoxy) is 2. The summed E-state index contributed by atoms with van der Waals surface area (Å²) in [6.07, 6.45) is 1.56. The molecule has 1 rings (SSSR count). The van der Waals surface area contributed by atoms with Crippen LogP contribution < -0.4 is 10.1 Å². The zero-order valence-corrected chi connectivity index (χ0v) is 14.0. The molecule has 126 valence electrons. The van der Waals surface area contributed by atoms with E-state index in [0.29, 0.717) is 18.9 Å². The van der Waals surface area contributed by atoms with E-state index in [1.165, 1.54) is 7.11 Å². The molecule has 6 heteroatoms. The predicted octanol–water partition coefficient (Wildman–Crippen LogP) is 2.22. The smallest absolute Gasteiger partial charge is 0.319 e. The van der Waals surface area contributed by atoms with E-state index in [4.69, 9.17) is 10.1 Å². The number of benzene rings is 1. The highest BCUT2D eigenvalue weighted by molar-refractivity contribution is 6.40. The topological polar surface area (TPSA) is 83.8 Å². The molecular formula is C17H25N3O3. The van der Waals surface area contributed by atoms with E-state index in [9.17, 15) is 4.79 Å². The maximum absolute atomic E-state index is 11.0. The van der Waals surface area contributed by atoms with E-state index in [0.717, 1.165) is 29.9 Å². The van der Waals surface area contributed by atoms with Gasteiger partial charge in [-0.3, -0.25) is 9.79 Å². The summed E-state index contributed by atoms with van der Waals surface area (Å²) in [7, 11) is 3.08. The van der Waals surface area contributed by atoms with Crippen LogP contribution in [-0.2, 0) is 16.1 Å². The lowest BCUT2D eigenvalue weighted by molar-refractivity contribution is -0.139. The Morgan fingerprint density at radius 2 is 2.17 bits per heavy atom. The summed E-state index contributed by atoms with van der Waals surface area (Å²) in [6.45, 7) is 3.08. The molecule has 0 saturated heterocycles. The number of carbonyl (C=O) groups is 1. The molecule has 0 aliphatic heterocycles. The molecule has 0 spiro atoms. The minimum atomic E-state index is -0.285. The minimum Gasteiger partial charge on any atom is -0.494 e. The van der Waals surface area contributed by atoms with E-state index in [-0.39, 0.29) is 12.5 Å². The number of hydrogen-bond donors (Lipinski definition) is 2. The zero-order chi connectivity index (χ0) is 17.1. The van der Waals surface area contributed by atoms with Gasteiger partial charge in [-0.1, -0.05) is 12.1 Å². The van der Waals surface area contributed by atoms with Gasteiger partial charge in [-0.25, -0.2) is 0 Å². The lowest BCUT2D eigenvalue weighted by Crippen LogP contribution is -2.23. The van der Waals surface area contributed by atoms with E-state index in [1.807, 2.05) is 24.3 Å². The average Bonchev–Trinajstić information content (AvgIpc) is 2.54. The van der Waals surface area contributed by atoms with E-state index >= 15 is 0 Å². The molecule has 1 aromatic carbocycles. The van der Waals surface area contributed by atoms with Crippen LogP contribution >= 0.6 is 0 Å². The molecule has 0 radical (unpaired) electrons. The third-order valence-electron chi connectivity index (χ3n) is 3.25. The van der Waals surface area contributed by atoms with Crippen LogP contribution in [0.3, 0.4) is 0 Å². The van der Waals surface area contributed by atoms with E-state index in [1.54, 1.807) is 14.0 Å². The zero-order valence-electron chi connectivity index (χ0n) is 14.0. The van der Waals surface area contributed by atoms with Crippen LogP contribution in [0.5, 0.6) is 5.75 Å². The van der Waals surface area contributed by atoms with Gasteiger partial charge in [-0.05, 0) is 37.5 Å². The molecule has 0 unspecified atom stereocenters. The number of aliphatic imine (C=N–C) groups is 1. The van der Waals surface area contributed by atoms with Crippen LogP contribution in [-0.4, -0.2) is 44.7 Å². The SMILES string of the molecule is C/N=C(/CCCOc1cccc(CNCC(=O)OC)c1)C(C)=N. The van der Waals surface area contributed by atoms with Crippen molar-refractivity contribution < 1.29 is 14.3 Å². The summed E-state index contributed by atoms with van der Waals surface area (Å²) in [5.41, 5.74) is 2.36. The van der Waals surface area contributed by atoms with Crippen LogP contribution in [0, 0.1) is 5.41 Å². The van der Waals surface area contributed by atoms with Crippen LogP contribution in [0.2, 0.25) is 0 Å². The van der Waals surface area contributed by atoms with Gasteiger partial charge in [-0.15, -0.1) is 0 Å². The molecular weight excluding hydrogens is 294 g/mol. The molecule has 6 nitrogen and oxygen atoms in total. The summed E-state index contributed by atoms with van der Waals surface area (Å²) >= 11 is 0. The lowest BCUT2D eigenvalue weighted by atomic mass is 10.1. The third kappa shape index (κ3) is 7.56. The van der Waals surface area contributed by atoms with Crippen molar-refractivity contribution in [1.82, 2.24) is 5.32 Å². The summed E-state index contributed by atoms with van der Waals surface area (Å²) in [6, 6.07) is 7.74. The third-order valence-corrected chi connectivity index (χ3v) is 3.25. The fourth-order valence-electron chi connectivity index (χ4n) is 2.02. The molecule has 0 bridgehead atoms. The molecule has 0 aromatic heterocycles. The first-order valence-corrected chi connectivity index (χ1v) is 7.57. The van der Waals surface area contributed by atoms with E-state index < -0.39 is 0 Å². The summed E-state index contributed by atoms with van der Waals surface area (Å²) in [5.74, 6) is 0.510. The maximum atomic E-state index is 11.0. The molecule has 0 fully saturated rings. The van der Waals surface area contributed by atoms with Crippen molar-refractivity contribution in [3.05, 3.63) is 29.8 Å². The Hall–Kier alpha value is -2.21. The molecule has 0 saturated carbocycles. The van der Waals surface area contributed by atoms with Crippen molar-refractivity contribution in [2.45, 2.75) is 26.3 Å². The Kier molecular flexibility index (Phi) is 8.60. The first kappa shape index (κ1) is 18.8. The van der Waals surface area contributed by atoms with Gasteiger partial charge in [0.05, 0.1) is 26.0 Å². The van der Waals surface area contributed by atoms with Crippen molar-refractivity contribution in [1.29, 1.82) is 5.41 Å². The second kappa shape index (κ2) is 10.5. The Labute approximate surface area is 137 Å². The van der Waals surface area contributed by atoms with Gasteiger partial charge >= 0.3 is 5.97 Å². The van der Waals surface area contributed by atoms with Gasteiger partial charge in [0, 0.05) is 19.3 Å². The van der Waals surface area contributed by atoms with Crippen molar-refractivity contribution in [3.63, 3.8) is 0 Å². The second-order valence-electron chi connectivity index (χ2n) is 5.07. The molecule has 0 aliphatic carbocycles. The van der Waals surface area contributed by atoms with Crippen LogP contribution in [0.15, 0.2) is 29.3 Å². The predicted molar refractivity (Wildman–Crippen MR) is 91.7 cm³/mol. The van der Waals surface area contributed by atoms with Crippen molar-refractivity contribution in [2.24, 2.45) is 4.99 Å². The molecule has 0 amide bonds. The Bertz CT molecular complexity index is 556. The number of methoxy groups -OCH3 is 1. The minimum absolute atomic E-state index is 0.184. The monoisotopic (exact) mass is 319 g/mol. The normalized spacial score (nSPS) is 11.2. The first-order chi connectivity index (χ1) is 11.1. The van der Waals surface area contributed by atoms with Gasteiger partial charge in [0.1, 0.15) is 5.75 Å². The van der Waals surface area contributed by atoms with Crippen molar-refractivity contribution >= 4 is 17.4 Å². The Balaban J connectivity index is 2.36.